The smallest absolute Gasteiger partial charge is 0.181 e. The summed E-state index contributed by atoms with van der Waals surface area (Å²) in [6.45, 7) is 0.520. The van der Waals surface area contributed by atoms with Crippen LogP contribution in [0.4, 0.5) is 5.69 Å². The maximum Gasteiger partial charge on any atom is 0.181 e. The SMILES string of the molecule is CNCc1cc(N)ccc1S(=O)(=O)C1CC1.Cl. The van der Waals surface area contributed by atoms with Crippen molar-refractivity contribution < 1.29 is 8.42 Å². The standard InChI is InChI=1S/C11H16N2O2S.ClH/c1-13-7-8-6-9(12)2-5-11(8)16(14,15)10-3-4-10;/h2,5-6,10,13H,3-4,7,12H2,1H3;1H. The third-order valence-corrected chi connectivity index (χ3v) is 5.08. The van der Waals surface area contributed by atoms with E-state index in [0.717, 1.165) is 18.4 Å². The summed E-state index contributed by atoms with van der Waals surface area (Å²) in [5.74, 6) is 0. The summed E-state index contributed by atoms with van der Waals surface area (Å²) in [7, 11) is -1.34. The van der Waals surface area contributed by atoms with E-state index in [0.29, 0.717) is 17.1 Å². The lowest BCUT2D eigenvalue weighted by molar-refractivity contribution is 0.593. The van der Waals surface area contributed by atoms with Crippen LogP contribution < -0.4 is 11.1 Å². The number of nitrogens with one attached hydrogen (secondary N) is 1. The van der Waals surface area contributed by atoms with Crippen LogP contribution in [-0.2, 0) is 16.4 Å². The summed E-state index contributed by atoms with van der Waals surface area (Å²) in [6.07, 6.45) is 1.57. The Labute approximate surface area is 108 Å². The Morgan fingerprint density at radius 3 is 2.59 bits per heavy atom. The lowest BCUT2D eigenvalue weighted by Crippen LogP contribution is -2.14. The van der Waals surface area contributed by atoms with Gasteiger partial charge in [0, 0.05) is 12.2 Å². The molecule has 1 aromatic rings. The molecule has 0 heterocycles. The first-order valence-electron chi connectivity index (χ1n) is 5.32. The number of nitrogens with two attached hydrogens (primary N) is 1. The van der Waals surface area contributed by atoms with Crippen LogP contribution >= 0.6 is 12.4 Å². The van der Waals surface area contributed by atoms with Crippen molar-refractivity contribution in [1.82, 2.24) is 5.32 Å². The van der Waals surface area contributed by atoms with Gasteiger partial charge in [0.1, 0.15) is 0 Å². The van der Waals surface area contributed by atoms with Crippen LogP contribution in [0.3, 0.4) is 0 Å². The highest BCUT2D eigenvalue weighted by molar-refractivity contribution is 7.92. The zero-order chi connectivity index (χ0) is 11.8. The Morgan fingerprint density at radius 1 is 1.41 bits per heavy atom. The van der Waals surface area contributed by atoms with Crippen LogP contribution in [-0.4, -0.2) is 20.7 Å². The fraction of sp³-hybridized carbons (Fsp3) is 0.455. The topological polar surface area (TPSA) is 72.2 Å². The predicted molar refractivity (Wildman–Crippen MR) is 71.1 cm³/mol. The highest BCUT2D eigenvalue weighted by Gasteiger charge is 2.37. The molecule has 0 saturated heterocycles. The van der Waals surface area contributed by atoms with Crippen molar-refractivity contribution >= 4 is 27.9 Å². The number of hydrogen-bond donors (Lipinski definition) is 2. The van der Waals surface area contributed by atoms with Gasteiger partial charge in [-0.05, 0) is 43.7 Å². The van der Waals surface area contributed by atoms with Gasteiger partial charge >= 0.3 is 0 Å². The van der Waals surface area contributed by atoms with E-state index in [9.17, 15) is 8.42 Å². The summed E-state index contributed by atoms with van der Waals surface area (Å²) in [4.78, 5) is 0.429. The van der Waals surface area contributed by atoms with E-state index in [2.05, 4.69) is 5.32 Å². The molecule has 1 saturated carbocycles. The molecule has 4 nitrogen and oxygen atoms in total. The maximum atomic E-state index is 12.1. The molecule has 0 radical (unpaired) electrons. The van der Waals surface area contributed by atoms with Crippen molar-refractivity contribution in [1.29, 1.82) is 0 Å². The number of nitrogen functional groups attached to an aromatic ring is 1. The summed E-state index contributed by atoms with van der Waals surface area (Å²) < 4.78 is 24.3. The molecule has 0 aliphatic heterocycles. The molecule has 0 bridgehead atoms. The van der Waals surface area contributed by atoms with Gasteiger partial charge in [-0.1, -0.05) is 0 Å². The van der Waals surface area contributed by atoms with E-state index in [-0.39, 0.29) is 17.7 Å². The van der Waals surface area contributed by atoms with Gasteiger partial charge < -0.3 is 11.1 Å². The normalized spacial score (nSPS) is 15.4. The first-order chi connectivity index (χ1) is 7.55. The van der Waals surface area contributed by atoms with E-state index in [1.54, 1.807) is 25.2 Å². The van der Waals surface area contributed by atoms with Gasteiger partial charge in [0.2, 0.25) is 0 Å². The van der Waals surface area contributed by atoms with E-state index in [4.69, 9.17) is 5.73 Å². The molecule has 6 heteroatoms. The molecular formula is C11H17ClN2O2S. The number of rotatable bonds is 4. The number of halogens is 1. The molecule has 17 heavy (non-hydrogen) atoms. The molecule has 0 aromatic heterocycles. The first kappa shape index (κ1) is 14.3. The minimum atomic E-state index is -3.13. The van der Waals surface area contributed by atoms with E-state index in [1.807, 2.05) is 0 Å². The summed E-state index contributed by atoms with van der Waals surface area (Å²) in [6, 6.07) is 5.00. The third-order valence-electron chi connectivity index (χ3n) is 2.72. The second-order valence-electron chi connectivity index (χ2n) is 4.14. The molecule has 0 atom stereocenters. The van der Waals surface area contributed by atoms with Crippen molar-refractivity contribution in [2.75, 3.05) is 12.8 Å². The van der Waals surface area contributed by atoms with Crippen molar-refractivity contribution in [2.24, 2.45) is 0 Å². The van der Waals surface area contributed by atoms with Crippen LogP contribution in [0.5, 0.6) is 0 Å². The van der Waals surface area contributed by atoms with Gasteiger partial charge in [0.15, 0.2) is 9.84 Å². The van der Waals surface area contributed by atoms with Gasteiger partial charge in [0.25, 0.3) is 0 Å². The molecular weight excluding hydrogens is 260 g/mol. The summed E-state index contributed by atoms with van der Waals surface area (Å²) in [5, 5.41) is 2.79. The summed E-state index contributed by atoms with van der Waals surface area (Å²) >= 11 is 0. The lowest BCUT2D eigenvalue weighted by atomic mass is 10.2. The number of hydrogen-bond acceptors (Lipinski definition) is 4. The van der Waals surface area contributed by atoms with Gasteiger partial charge in [0.05, 0.1) is 10.1 Å². The average Bonchev–Trinajstić information content (AvgIpc) is 3.01. The van der Waals surface area contributed by atoms with Gasteiger partial charge in [-0.15, -0.1) is 12.4 Å². The fourth-order valence-corrected chi connectivity index (χ4v) is 3.63. The number of sulfone groups is 1. The van der Waals surface area contributed by atoms with E-state index in [1.165, 1.54) is 0 Å². The molecule has 0 amide bonds. The zero-order valence-corrected chi connectivity index (χ0v) is 11.3. The number of benzene rings is 1. The molecule has 3 N–H and O–H groups in total. The quantitative estimate of drug-likeness (QED) is 0.814. The Morgan fingerprint density at radius 2 is 2.06 bits per heavy atom. The largest absolute Gasteiger partial charge is 0.399 e. The molecule has 2 rings (SSSR count). The van der Waals surface area contributed by atoms with Crippen molar-refractivity contribution in [2.45, 2.75) is 29.5 Å². The highest BCUT2D eigenvalue weighted by atomic mass is 35.5. The average molecular weight is 277 g/mol. The Balaban J connectivity index is 0.00000144. The van der Waals surface area contributed by atoms with Crippen molar-refractivity contribution in [3.63, 3.8) is 0 Å². The first-order valence-corrected chi connectivity index (χ1v) is 6.87. The Hall–Kier alpha value is -0.780. The van der Waals surface area contributed by atoms with Crippen LogP contribution in [0, 0.1) is 0 Å². The molecule has 0 unspecified atom stereocenters. The van der Waals surface area contributed by atoms with Crippen LogP contribution in [0.25, 0.3) is 0 Å². The summed E-state index contributed by atoms with van der Waals surface area (Å²) in [5.41, 5.74) is 7.03. The van der Waals surface area contributed by atoms with E-state index >= 15 is 0 Å². The Bertz CT molecular complexity index is 498. The minimum Gasteiger partial charge on any atom is -0.399 e. The van der Waals surface area contributed by atoms with Crippen LogP contribution in [0.2, 0.25) is 0 Å². The van der Waals surface area contributed by atoms with Crippen molar-refractivity contribution in [3.05, 3.63) is 23.8 Å². The maximum absolute atomic E-state index is 12.1. The molecule has 1 fully saturated rings. The monoisotopic (exact) mass is 276 g/mol. The molecule has 1 aliphatic rings. The highest BCUT2D eigenvalue weighted by Crippen LogP contribution is 2.35. The third kappa shape index (κ3) is 2.91. The Kier molecular flexibility index (Phi) is 4.41. The van der Waals surface area contributed by atoms with Crippen LogP contribution in [0.15, 0.2) is 23.1 Å². The number of anilines is 1. The second kappa shape index (κ2) is 5.25. The van der Waals surface area contributed by atoms with Crippen LogP contribution in [0.1, 0.15) is 18.4 Å². The van der Waals surface area contributed by atoms with E-state index < -0.39 is 9.84 Å². The molecule has 1 aromatic carbocycles. The predicted octanol–water partition coefficient (Wildman–Crippen LogP) is 1.35. The second-order valence-corrected chi connectivity index (χ2v) is 6.34. The van der Waals surface area contributed by atoms with Gasteiger partial charge in [-0.2, -0.15) is 0 Å². The molecule has 1 aliphatic carbocycles. The molecule has 0 spiro atoms. The lowest BCUT2D eigenvalue weighted by Gasteiger charge is -2.10. The fourth-order valence-electron chi connectivity index (χ4n) is 1.76. The minimum absolute atomic E-state index is 0. The van der Waals surface area contributed by atoms with Gasteiger partial charge in [-0.25, -0.2) is 8.42 Å². The van der Waals surface area contributed by atoms with Gasteiger partial charge in [-0.3, -0.25) is 0 Å². The van der Waals surface area contributed by atoms with Crippen molar-refractivity contribution in [3.8, 4) is 0 Å². The molecule has 96 valence electrons. The zero-order valence-electron chi connectivity index (χ0n) is 9.64.